The summed E-state index contributed by atoms with van der Waals surface area (Å²) in [5.41, 5.74) is 1.37. The Morgan fingerprint density at radius 3 is 2.46 bits per heavy atom. The normalized spacial score (nSPS) is 12.9. The second-order valence-corrected chi connectivity index (χ2v) is 5.84. The van der Waals surface area contributed by atoms with Crippen molar-refractivity contribution in [1.82, 2.24) is 4.90 Å². The molecule has 0 saturated heterocycles. The molecule has 0 aliphatic carbocycles. The van der Waals surface area contributed by atoms with Gasteiger partial charge in [0.1, 0.15) is 0 Å². The van der Waals surface area contributed by atoms with Gasteiger partial charge in [-0.15, -0.1) is 0 Å². The standard InChI is InChI=1S/C18H15N3O5/c1-3-10-4-6-12(9-15(10)21(25)26)19-16(22)11-5-7-13-14(8-11)18(24)20(2)17(13)23/h4-9H,3H2,1-2H3,(H,19,22). The van der Waals surface area contributed by atoms with E-state index in [0.29, 0.717) is 12.0 Å². The molecule has 26 heavy (non-hydrogen) atoms. The van der Waals surface area contributed by atoms with E-state index in [4.69, 9.17) is 0 Å². The van der Waals surface area contributed by atoms with Crippen molar-refractivity contribution in [3.63, 3.8) is 0 Å². The molecule has 0 saturated carbocycles. The van der Waals surface area contributed by atoms with Crippen LogP contribution in [0.5, 0.6) is 0 Å². The van der Waals surface area contributed by atoms with Crippen molar-refractivity contribution in [3.05, 3.63) is 68.8 Å². The first-order valence-corrected chi connectivity index (χ1v) is 7.88. The van der Waals surface area contributed by atoms with Gasteiger partial charge in [-0.25, -0.2) is 0 Å². The summed E-state index contributed by atoms with van der Waals surface area (Å²) in [6, 6.07) is 8.69. The highest BCUT2D eigenvalue weighted by Crippen LogP contribution is 2.25. The van der Waals surface area contributed by atoms with E-state index in [1.807, 2.05) is 0 Å². The highest BCUT2D eigenvalue weighted by molar-refractivity contribution is 6.22. The molecule has 3 rings (SSSR count). The van der Waals surface area contributed by atoms with Crippen LogP contribution >= 0.6 is 0 Å². The monoisotopic (exact) mass is 353 g/mol. The number of nitro groups is 1. The number of hydrogen-bond acceptors (Lipinski definition) is 5. The van der Waals surface area contributed by atoms with Gasteiger partial charge < -0.3 is 5.32 Å². The molecule has 2 aromatic rings. The van der Waals surface area contributed by atoms with E-state index in [1.165, 1.54) is 31.3 Å². The van der Waals surface area contributed by atoms with Gasteiger partial charge in [0.25, 0.3) is 23.4 Å². The van der Waals surface area contributed by atoms with Gasteiger partial charge in [0.15, 0.2) is 0 Å². The van der Waals surface area contributed by atoms with E-state index >= 15 is 0 Å². The summed E-state index contributed by atoms with van der Waals surface area (Å²) in [6.45, 7) is 1.81. The van der Waals surface area contributed by atoms with E-state index < -0.39 is 22.6 Å². The maximum atomic E-state index is 12.4. The Morgan fingerprint density at radius 1 is 1.12 bits per heavy atom. The Balaban J connectivity index is 1.88. The summed E-state index contributed by atoms with van der Waals surface area (Å²) in [4.78, 5) is 48.0. The molecule has 8 heteroatoms. The van der Waals surface area contributed by atoms with E-state index in [2.05, 4.69) is 5.32 Å². The fourth-order valence-corrected chi connectivity index (χ4v) is 2.82. The van der Waals surface area contributed by atoms with Gasteiger partial charge in [-0.2, -0.15) is 0 Å². The van der Waals surface area contributed by atoms with Crippen LogP contribution in [0.3, 0.4) is 0 Å². The van der Waals surface area contributed by atoms with Gasteiger partial charge in [0.05, 0.1) is 16.1 Å². The van der Waals surface area contributed by atoms with Crippen molar-refractivity contribution < 1.29 is 19.3 Å². The zero-order valence-electron chi connectivity index (χ0n) is 14.1. The Bertz CT molecular complexity index is 967. The van der Waals surface area contributed by atoms with Gasteiger partial charge in [-0.3, -0.25) is 29.4 Å². The minimum atomic E-state index is -0.527. The molecular weight excluding hydrogens is 338 g/mol. The summed E-state index contributed by atoms with van der Waals surface area (Å²) in [5.74, 6) is -1.41. The van der Waals surface area contributed by atoms with Crippen LogP contribution in [0.4, 0.5) is 11.4 Å². The van der Waals surface area contributed by atoms with Crippen LogP contribution in [0, 0.1) is 10.1 Å². The van der Waals surface area contributed by atoms with Crippen molar-refractivity contribution >= 4 is 29.1 Å². The van der Waals surface area contributed by atoms with Gasteiger partial charge in [0.2, 0.25) is 0 Å². The lowest BCUT2D eigenvalue weighted by molar-refractivity contribution is -0.385. The van der Waals surface area contributed by atoms with Crippen LogP contribution < -0.4 is 5.32 Å². The minimum absolute atomic E-state index is 0.0679. The molecule has 1 aliphatic heterocycles. The fraction of sp³-hybridized carbons (Fsp3) is 0.167. The van der Waals surface area contributed by atoms with E-state index in [-0.39, 0.29) is 28.1 Å². The predicted octanol–water partition coefficient (Wildman–Crippen LogP) is 2.64. The third-order valence-corrected chi connectivity index (χ3v) is 4.27. The average Bonchev–Trinajstić information content (AvgIpc) is 2.85. The van der Waals surface area contributed by atoms with Gasteiger partial charge in [-0.1, -0.05) is 13.0 Å². The highest BCUT2D eigenvalue weighted by atomic mass is 16.6. The number of hydrogen-bond donors (Lipinski definition) is 1. The number of nitro benzene ring substituents is 1. The summed E-state index contributed by atoms with van der Waals surface area (Å²) < 4.78 is 0. The molecule has 132 valence electrons. The first kappa shape index (κ1) is 17.3. The molecule has 1 heterocycles. The Labute approximate surface area is 148 Å². The summed E-state index contributed by atoms with van der Waals surface area (Å²) >= 11 is 0. The average molecular weight is 353 g/mol. The minimum Gasteiger partial charge on any atom is -0.322 e. The number of anilines is 1. The second kappa shape index (κ2) is 6.40. The molecule has 0 radical (unpaired) electrons. The largest absolute Gasteiger partial charge is 0.322 e. The molecule has 0 unspecified atom stereocenters. The van der Waals surface area contributed by atoms with Gasteiger partial charge >= 0.3 is 0 Å². The first-order chi connectivity index (χ1) is 12.3. The molecule has 1 N–H and O–H groups in total. The summed E-state index contributed by atoms with van der Waals surface area (Å²) in [6.07, 6.45) is 0.499. The van der Waals surface area contributed by atoms with Crippen LogP contribution in [0.25, 0.3) is 0 Å². The van der Waals surface area contributed by atoms with Crippen LogP contribution in [0.15, 0.2) is 36.4 Å². The molecule has 2 aromatic carbocycles. The number of aryl methyl sites for hydroxylation is 1. The van der Waals surface area contributed by atoms with E-state index in [9.17, 15) is 24.5 Å². The number of imide groups is 1. The fourth-order valence-electron chi connectivity index (χ4n) is 2.82. The molecule has 0 aromatic heterocycles. The number of benzene rings is 2. The van der Waals surface area contributed by atoms with Gasteiger partial charge in [-0.05, 0) is 30.7 Å². The van der Waals surface area contributed by atoms with Crippen molar-refractivity contribution in [2.75, 3.05) is 12.4 Å². The Morgan fingerprint density at radius 2 is 1.81 bits per heavy atom. The summed E-state index contributed by atoms with van der Waals surface area (Å²) in [7, 11) is 1.37. The lowest BCUT2D eigenvalue weighted by Gasteiger charge is -2.08. The molecule has 0 bridgehead atoms. The Kier molecular flexibility index (Phi) is 4.25. The van der Waals surface area contributed by atoms with Crippen LogP contribution in [0.1, 0.15) is 43.6 Å². The van der Waals surface area contributed by atoms with Crippen molar-refractivity contribution in [2.45, 2.75) is 13.3 Å². The summed E-state index contributed by atoms with van der Waals surface area (Å²) in [5, 5.41) is 13.7. The number of fused-ring (bicyclic) bond motifs is 1. The first-order valence-electron chi connectivity index (χ1n) is 7.88. The van der Waals surface area contributed by atoms with Crippen molar-refractivity contribution in [2.24, 2.45) is 0 Å². The third kappa shape index (κ3) is 2.81. The maximum absolute atomic E-state index is 12.4. The topological polar surface area (TPSA) is 110 Å². The van der Waals surface area contributed by atoms with E-state index in [0.717, 1.165) is 4.90 Å². The lowest BCUT2D eigenvalue weighted by atomic mass is 10.0. The van der Waals surface area contributed by atoms with Crippen molar-refractivity contribution in [1.29, 1.82) is 0 Å². The molecule has 8 nitrogen and oxygen atoms in total. The molecule has 0 fully saturated rings. The van der Waals surface area contributed by atoms with Crippen LogP contribution in [0.2, 0.25) is 0 Å². The number of carbonyl (C=O) groups excluding carboxylic acids is 3. The molecular formula is C18H15N3O5. The van der Waals surface area contributed by atoms with Crippen molar-refractivity contribution in [3.8, 4) is 0 Å². The quantitative estimate of drug-likeness (QED) is 0.516. The number of rotatable bonds is 4. The number of carbonyl (C=O) groups is 3. The number of nitrogens with zero attached hydrogens (tertiary/aromatic N) is 2. The van der Waals surface area contributed by atoms with E-state index in [1.54, 1.807) is 19.1 Å². The molecule has 3 amide bonds. The molecule has 1 aliphatic rings. The lowest BCUT2D eigenvalue weighted by Crippen LogP contribution is -2.24. The molecule has 0 atom stereocenters. The SMILES string of the molecule is CCc1ccc(NC(=O)c2ccc3c(c2)C(=O)N(C)C3=O)cc1[N+](=O)[O-]. The Hall–Kier alpha value is -3.55. The zero-order chi connectivity index (χ0) is 19.0. The maximum Gasteiger partial charge on any atom is 0.274 e. The number of amides is 3. The number of nitrogens with one attached hydrogen (secondary N) is 1. The predicted molar refractivity (Wildman–Crippen MR) is 93.3 cm³/mol. The second-order valence-electron chi connectivity index (χ2n) is 5.84. The van der Waals surface area contributed by atoms with Crippen LogP contribution in [-0.2, 0) is 6.42 Å². The third-order valence-electron chi connectivity index (χ3n) is 4.27. The molecule has 0 spiro atoms. The van der Waals surface area contributed by atoms with Crippen LogP contribution in [-0.4, -0.2) is 34.6 Å². The zero-order valence-corrected chi connectivity index (χ0v) is 14.1. The highest BCUT2D eigenvalue weighted by Gasteiger charge is 2.33. The van der Waals surface area contributed by atoms with Gasteiger partial charge in [0, 0.05) is 29.9 Å². The smallest absolute Gasteiger partial charge is 0.274 e.